The first-order valence-corrected chi connectivity index (χ1v) is 8.41. The Bertz CT molecular complexity index is 428. The van der Waals surface area contributed by atoms with E-state index in [2.05, 4.69) is 44.3 Å². The molecule has 1 atom stereocenters. The zero-order valence-corrected chi connectivity index (χ0v) is 13.8. The van der Waals surface area contributed by atoms with Gasteiger partial charge in [0.25, 0.3) is 0 Å². The number of rotatable bonds is 7. The van der Waals surface area contributed by atoms with E-state index in [1.165, 1.54) is 12.8 Å². The molecule has 0 spiro atoms. The predicted molar refractivity (Wildman–Crippen MR) is 91.3 cm³/mol. The lowest BCUT2D eigenvalue weighted by Gasteiger charge is -2.25. The Hall–Kier alpha value is -0.740. The van der Waals surface area contributed by atoms with E-state index in [9.17, 15) is 0 Å². The molecule has 1 aromatic rings. The largest absolute Gasteiger partial charge is 0.389 e. The molecule has 0 aliphatic rings. The van der Waals surface area contributed by atoms with Crippen molar-refractivity contribution in [2.75, 3.05) is 11.6 Å². The van der Waals surface area contributed by atoms with Crippen LogP contribution in [0.5, 0.6) is 0 Å². The van der Waals surface area contributed by atoms with Crippen molar-refractivity contribution >= 4 is 34.7 Å². The van der Waals surface area contributed by atoms with Gasteiger partial charge in [-0.25, -0.2) is 0 Å². The third-order valence-electron chi connectivity index (χ3n) is 3.63. The van der Waals surface area contributed by atoms with E-state index in [4.69, 9.17) is 18.0 Å². The second kappa shape index (κ2) is 7.75. The lowest BCUT2D eigenvalue weighted by Crippen LogP contribution is -2.26. The summed E-state index contributed by atoms with van der Waals surface area (Å²) < 4.78 is 0. The van der Waals surface area contributed by atoms with Crippen LogP contribution in [0.15, 0.2) is 23.1 Å². The second-order valence-electron chi connectivity index (χ2n) is 4.76. The predicted octanol–water partition coefficient (Wildman–Crippen LogP) is 4.28. The molecule has 3 N–H and O–H groups in total. The molecular formula is C15H24N2S2. The molecule has 0 aliphatic carbocycles. The van der Waals surface area contributed by atoms with Crippen molar-refractivity contribution in [2.45, 2.75) is 44.6 Å². The van der Waals surface area contributed by atoms with Crippen LogP contribution in [0.4, 0.5) is 5.69 Å². The van der Waals surface area contributed by atoms with Crippen LogP contribution in [-0.2, 0) is 0 Å². The van der Waals surface area contributed by atoms with Crippen LogP contribution in [0.2, 0.25) is 0 Å². The Balaban J connectivity index is 3.03. The van der Waals surface area contributed by atoms with Crippen molar-refractivity contribution in [3.05, 3.63) is 23.8 Å². The molecule has 0 amide bonds. The number of hydrogen-bond donors (Lipinski definition) is 2. The summed E-state index contributed by atoms with van der Waals surface area (Å²) in [6, 6.07) is 6.59. The fraction of sp³-hybridized carbons (Fsp3) is 0.533. The highest BCUT2D eigenvalue weighted by molar-refractivity contribution is 7.98. The molecule has 1 unspecified atom stereocenters. The monoisotopic (exact) mass is 296 g/mol. The number of nitrogens with one attached hydrogen (secondary N) is 1. The minimum absolute atomic E-state index is 0.417. The van der Waals surface area contributed by atoms with Crippen LogP contribution in [0.3, 0.4) is 0 Å². The smallest absolute Gasteiger partial charge is 0.107 e. The van der Waals surface area contributed by atoms with Crippen LogP contribution < -0.4 is 11.1 Å². The van der Waals surface area contributed by atoms with Gasteiger partial charge >= 0.3 is 0 Å². The Morgan fingerprint density at radius 2 is 2.00 bits per heavy atom. The SMILES string of the molecule is CCC(CC)C(C)Nc1cccc(SC)c1C(N)=S. The first-order chi connectivity index (χ1) is 9.04. The van der Waals surface area contributed by atoms with E-state index in [1.54, 1.807) is 11.8 Å². The Kier molecular flexibility index (Phi) is 6.66. The molecule has 0 aliphatic heterocycles. The number of hydrogen-bond acceptors (Lipinski definition) is 3. The van der Waals surface area contributed by atoms with E-state index in [1.807, 2.05) is 6.26 Å². The molecular weight excluding hydrogens is 272 g/mol. The van der Waals surface area contributed by atoms with Gasteiger partial charge in [0, 0.05) is 22.2 Å². The normalized spacial score (nSPS) is 12.5. The number of benzene rings is 1. The molecule has 19 heavy (non-hydrogen) atoms. The summed E-state index contributed by atoms with van der Waals surface area (Å²) in [5.74, 6) is 0.664. The summed E-state index contributed by atoms with van der Waals surface area (Å²) in [7, 11) is 0. The third kappa shape index (κ3) is 4.11. The topological polar surface area (TPSA) is 38.0 Å². The first kappa shape index (κ1) is 16.3. The number of nitrogens with two attached hydrogens (primary N) is 1. The molecule has 0 saturated heterocycles. The summed E-state index contributed by atoms with van der Waals surface area (Å²) in [4.78, 5) is 1.60. The molecule has 0 fully saturated rings. The zero-order valence-electron chi connectivity index (χ0n) is 12.2. The maximum absolute atomic E-state index is 5.89. The van der Waals surface area contributed by atoms with Crippen molar-refractivity contribution in [3.8, 4) is 0 Å². The van der Waals surface area contributed by atoms with Crippen molar-refractivity contribution in [2.24, 2.45) is 11.7 Å². The molecule has 106 valence electrons. The van der Waals surface area contributed by atoms with E-state index in [0.29, 0.717) is 16.9 Å². The fourth-order valence-corrected chi connectivity index (χ4v) is 3.36. The van der Waals surface area contributed by atoms with Gasteiger partial charge in [0.2, 0.25) is 0 Å². The number of thiocarbonyl (C=S) groups is 1. The van der Waals surface area contributed by atoms with Gasteiger partial charge in [-0.05, 0) is 31.2 Å². The van der Waals surface area contributed by atoms with Gasteiger partial charge in [-0.1, -0.05) is 45.0 Å². The summed E-state index contributed by atoms with van der Waals surface area (Å²) in [5.41, 5.74) is 7.92. The zero-order chi connectivity index (χ0) is 14.4. The van der Waals surface area contributed by atoms with Crippen molar-refractivity contribution in [1.29, 1.82) is 0 Å². The lowest BCUT2D eigenvalue weighted by atomic mass is 9.95. The van der Waals surface area contributed by atoms with Gasteiger partial charge in [-0.15, -0.1) is 11.8 Å². The Labute approximate surface area is 126 Å². The van der Waals surface area contributed by atoms with Gasteiger partial charge in [-0.2, -0.15) is 0 Å². The van der Waals surface area contributed by atoms with Gasteiger partial charge < -0.3 is 11.1 Å². The van der Waals surface area contributed by atoms with Crippen molar-refractivity contribution in [1.82, 2.24) is 0 Å². The van der Waals surface area contributed by atoms with Gasteiger partial charge in [-0.3, -0.25) is 0 Å². The summed E-state index contributed by atoms with van der Waals surface area (Å²) >= 11 is 6.88. The van der Waals surface area contributed by atoms with Gasteiger partial charge in [0.1, 0.15) is 4.99 Å². The molecule has 0 saturated carbocycles. The molecule has 0 heterocycles. The molecule has 4 heteroatoms. The Morgan fingerprint density at radius 3 is 2.47 bits per heavy atom. The Morgan fingerprint density at radius 1 is 1.37 bits per heavy atom. The minimum Gasteiger partial charge on any atom is -0.389 e. The van der Waals surface area contributed by atoms with E-state index in [-0.39, 0.29) is 0 Å². The quantitative estimate of drug-likeness (QED) is 0.582. The summed E-state index contributed by atoms with van der Waals surface area (Å²) in [6.45, 7) is 6.70. The maximum Gasteiger partial charge on any atom is 0.107 e. The average molecular weight is 297 g/mol. The van der Waals surface area contributed by atoms with Gasteiger partial charge in [0.15, 0.2) is 0 Å². The van der Waals surface area contributed by atoms with E-state index < -0.39 is 0 Å². The second-order valence-corrected chi connectivity index (χ2v) is 6.04. The molecule has 2 nitrogen and oxygen atoms in total. The maximum atomic E-state index is 5.89. The molecule has 0 aromatic heterocycles. The fourth-order valence-electron chi connectivity index (χ4n) is 2.43. The van der Waals surface area contributed by atoms with Crippen LogP contribution >= 0.6 is 24.0 Å². The minimum atomic E-state index is 0.417. The van der Waals surface area contributed by atoms with Gasteiger partial charge in [0.05, 0.1) is 0 Å². The van der Waals surface area contributed by atoms with Crippen molar-refractivity contribution < 1.29 is 0 Å². The highest BCUT2D eigenvalue weighted by Gasteiger charge is 2.16. The first-order valence-electron chi connectivity index (χ1n) is 6.78. The van der Waals surface area contributed by atoms with Crippen LogP contribution in [0, 0.1) is 5.92 Å². The number of thioether (sulfide) groups is 1. The molecule has 1 rings (SSSR count). The molecule has 0 bridgehead atoms. The van der Waals surface area contributed by atoms with Crippen LogP contribution in [0.25, 0.3) is 0 Å². The molecule has 1 aromatic carbocycles. The van der Waals surface area contributed by atoms with Crippen LogP contribution in [-0.4, -0.2) is 17.3 Å². The standard InChI is InChI=1S/C15H24N2S2/c1-5-11(6-2)10(3)17-12-8-7-9-13(19-4)14(12)15(16)18/h7-11,17H,5-6H2,1-4H3,(H2,16,18). The third-order valence-corrected chi connectivity index (χ3v) is 4.62. The molecule has 0 radical (unpaired) electrons. The summed E-state index contributed by atoms with van der Waals surface area (Å²) in [5, 5.41) is 3.59. The highest BCUT2D eigenvalue weighted by atomic mass is 32.2. The number of anilines is 1. The highest BCUT2D eigenvalue weighted by Crippen LogP contribution is 2.28. The van der Waals surface area contributed by atoms with E-state index in [0.717, 1.165) is 16.1 Å². The lowest BCUT2D eigenvalue weighted by molar-refractivity contribution is 0.438. The van der Waals surface area contributed by atoms with E-state index >= 15 is 0 Å². The summed E-state index contributed by atoms with van der Waals surface area (Å²) in [6.07, 6.45) is 4.40. The van der Waals surface area contributed by atoms with Crippen molar-refractivity contribution in [3.63, 3.8) is 0 Å². The average Bonchev–Trinajstić information content (AvgIpc) is 2.39. The van der Waals surface area contributed by atoms with Crippen LogP contribution in [0.1, 0.15) is 39.2 Å².